The van der Waals surface area contributed by atoms with Crippen molar-refractivity contribution in [2.24, 2.45) is 0 Å². The average Bonchev–Trinajstić information content (AvgIpc) is 2.90. The Morgan fingerprint density at radius 3 is 2.52 bits per heavy atom. The number of rotatable bonds is 5. The second-order valence-corrected chi connectivity index (χ2v) is 8.26. The molecule has 0 unspecified atom stereocenters. The zero-order chi connectivity index (χ0) is 19.6. The van der Waals surface area contributed by atoms with Gasteiger partial charge in [0, 0.05) is 6.42 Å². The molecule has 0 radical (unpaired) electrons. The van der Waals surface area contributed by atoms with Gasteiger partial charge in [0.1, 0.15) is 10.4 Å². The number of aliphatic carboxylic acids is 1. The van der Waals surface area contributed by atoms with Crippen LogP contribution in [0.4, 0.5) is 0 Å². The number of amides is 1. The molecule has 0 bridgehead atoms. The highest BCUT2D eigenvalue weighted by Gasteiger charge is 2.40. The molecule has 0 spiro atoms. The normalized spacial score (nSPS) is 16.8. The minimum Gasteiger partial charge on any atom is -0.480 e. The zero-order valence-corrected chi connectivity index (χ0v) is 16.9. The second kappa shape index (κ2) is 8.44. The van der Waals surface area contributed by atoms with E-state index in [0.29, 0.717) is 20.5 Å². The van der Waals surface area contributed by atoms with Crippen LogP contribution in [0.3, 0.4) is 0 Å². The number of hydrogen-bond acceptors (Lipinski definition) is 4. The number of nitrogens with zero attached hydrogens (tertiary/aromatic N) is 1. The Labute approximate surface area is 175 Å². The van der Waals surface area contributed by atoms with Crippen LogP contribution in [0.15, 0.2) is 53.4 Å². The van der Waals surface area contributed by atoms with Gasteiger partial charge in [0.25, 0.3) is 5.91 Å². The summed E-state index contributed by atoms with van der Waals surface area (Å²) in [4.78, 5) is 26.2. The van der Waals surface area contributed by atoms with Gasteiger partial charge in [0.15, 0.2) is 0 Å². The van der Waals surface area contributed by atoms with Crippen molar-refractivity contribution in [2.75, 3.05) is 0 Å². The van der Waals surface area contributed by atoms with E-state index in [1.54, 1.807) is 24.3 Å². The lowest BCUT2D eigenvalue weighted by Crippen LogP contribution is -2.45. The molecule has 0 aromatic heterocycles. The van der Waals surface area contributed by atoms with Gasteiger partial charge in [-0.3, -0.25) is 9.69 Å². The lowest BCUT2D eigenvalue weighted by molar-refractivity contribution is -0.145. The van der Waals surface area contributed by atoms with Crippen LogP contribution < -0.4 is 0 Å². The molecule has 1 heterocycles. The van der Waals surface area contributed by atoms with Crippen LogP contribution in [0.5, 0.6) is 0 Å². The molecular formula is C19H13Cl2NO3S2. The van der Waals surface area contributed by atoms with Crippen LogP contribution in [0, 0.1) is 0 Å². The number of carboxylic acids is 1. The molecule has 1 fully saturated rings. The predicted molar refractivity (Wildman–Crippen MR) is 113 cm³/mol. The van der Waals surface area contributed by atoms with Gasteiger partial charge in [-0.15, -0.1) is 0 Å². The van der Waals surface area contributed by atoms with Crippen molar-refractivity contribution in [3.8, 4) is 0 Å². The van der Waals surface area contributed by atoms with E-state index in [1.165, 1.54) is 4.90 Å². The third kappa shape index (κ3) is 4.52. The van der Waals surface area contributed by atoms with Crippen molar-refractivity contribution in [3.63, 3.8) is 0 Å². The third-order valence-electron chi connectivity index (χ3n) is 3.93. The van der Waals surface area contributed by atoms with Crippen LogP contribution in [0.25, 0.3) is 6.08 Å². The van der Waals surface area contributed by atoms with Crippen LogP contribution in [-0.2, 0) is 16.0 Å². The Balaban J connectivity index is 1.88. The van der Waals surface area contributed by atoms with Gasteiger partial charge in [-0.25, -0.2) is 4.79 Å². The number of carbonyl (C=O) groups is 2. The molecule has 4 nitrogen and oxygen atoms in total. The SMILES string of the molecule is O=C(O)[C@H](Cc1ccccc1)N1C(=O)/C(=C/c2ccc(Cl)c(Cl)c2)SC1=S. The molecule has 0 saturated carbocycles. The van der Waals surface area contributed by atoms with Gasteiger partial charge in [0.2, 0.25) is 0 Å². The summed E-state index contributed by atoms with van der Waals surface area (Å²) in [7, 11) is 0. The number of thioether (sulfide) groups is 1. The predicted octanol–water partition coefficient (Wildman–Crippen LogP) is 4.89. The molecule has 138 valence electrons. The first-order valence-corrected chi connectivity index (χ1v) is 9.83. The molecular weight excluding hydrogens is 425 g/mol. The molecule has 1 N–H and O–H groups in total. The largest absolute Gasteiger partial charge is 0.480 e. The van der Waals surface area contributed by atoms with Gasteiger partial charge in [-0.05, 0) is 29.3 Å². The van der Waals surface area contributed by atoms with Crippen molar-refractivity contribution in [1.82, 2.24) is 4.90 Å². The molecule has 2 aromatic rings. The maximum atomic E-state index is 12.8. The number of halogens is 2. The first-order valence-electron chi connectivity index (χ1n) is 7.85. The fraction of sp³-hybridized carbons (Fsp3) is 0.105. The quantitative estimate of drug-likeness (QED) is 0.532. The smallest absolute Gasteiger partial charge is 0.327 e. The first kappa shape index (κ1) is 19.9. The molecule has 2 aromatic carbocycles. The van der Waals surface area contributed by atoms with E-state index >= 15 is 0 Å². The van der Waals surface area contributed by atoms with Gasteiger partial charge < -0.3 is 5.11 Å². The lowest BCUT2D eigenvalue weighted by atomic mass is 10.0. The van der Waals surface area contributed by atoms with Crippen molar-refractivity contribution in [3.05, 3.63) is 74.6 Å². The summed E-state index contributed by atoms with van der Waals surface area (Å²) in [5.74, 6) is -1.54. The topological polar surface area (TPSA) is 57.6 Å². The van der Waals surface area contributed by atoms with E-state index < -0.39 is 17.9 Å². The number of thiocarbonyl (C=S) groups is 1. The van der Waals surface area contributed by atoms with E-state index in [0.717, 1.165) is 17.3 Å². The summed E-state index contributed by atoms with van der Waals surface area (Å²) >= 11 is 18.3. The fourth-order valence-electron chi connectivity index (χ4n) is 2.63. The standard InChI is InChI=1S/C19H13Cl2NO3S2/c20-13-7-6-12(8-14(13)21)10-16-17(23)22(19(26)27-16)15(18(24)25)9-11-4-2-1-3-5-11/h1-8,10,15H,9H2,(H,24,25)/b16-10-/t15-/m0/s1. The number of benzene rings is 2. The highest BCUT2D eigenvalue weighted by molar-refractivity contribution is 8.26. The van der Waals surface area contributed by atoms with E-state index in [2.05, 4.69) is 0 Å². The maximum Gasteiger partial charge on any atom is 0.327 e. The molecule has 8 heteroatoms. The second-order valence-electron chi connectivity index (χ2n) is 5.77. The molecule has 1 amide bonds. The van der Waals surface area contributed by atoms with Gasteiger partial charge in [-0.1, -0.05) is 83.6 Å². The number of carboxylic acid groups (broad SMARTS) is 1. The van der Waals surface area contributed by atoms with Crippen molar-refractivity contribution in [2.45, 2.75) is 12.5 Å². The minimum absolute atomic E-state index is 0.169. The van der Waals surface area contributed by atoms with Crippen LogP contribution in [-0.4, -0.2) is 32.2 Å². The lowest BCUT2D eigenvalue weighted by Gasteiger charge is -2.23. The molecule has 3 rings (SSSR count). The Bertz CT molecular complexity index is 947. The number of hydrogen-bond donors (Lipinski definition) is 1. The summed E-state index contributed by atoms with van der Waals surface area (Å²) in [5.41, 5.74) is 1.49. The maximum absolute atomic E-state index is 12.8. The van der Waals surface area contributed by atoms with E-state index in [4.69, 9.17) is 35.4 Å². The molecule has 1 aliphatic rings. The average molecular weight is 438 g/mol. The number of carbonyl (C=O) groups excluding carboxylic acids is 1. The van der Waals surface area contributed by atoms with Crippen LogP contribution >= 0.6 is 47.2 Å². The van der Waals surface area contributed by atoms with Gasteiger partial charge in [-0.2, -0.15) is 0 Å². The summed E-state index contributed by atoms with van der Waals surface area (Å²) in [6, 6.07) is 13.0. The highest BCUT2D eigenvalue weighted by atomic mass is 35.5. The summed E-state index contributed by atoms with van der Waals surface area (Å²) < 4.78 is 0.217. The molecule has 1 saturated heterocycles. The molecule has 27 heavy (non-hydrogen) atoms. The van der Waals surface area contributed by atoms with Crippen LogP contribution in [0.2, 0.25) is 10.0 Å². The third-order valence-corrected chi connectivity index (χ3v) is 6.00. The Kier molecular flexibility index (Phi) is 6.22. The first-order chi connectivity index (χ1) is 12.9. The van der Waals surface area contributed by atoms with Gasteiger partial charge >= 0.3 is 5.97 Å². The highest BCUT2D eigenvalue weighted by Crippen LogP contribution is 2.35. The molecule has 1 aliphatic heterocycles. The fourth-order valence-corrected chi connectivity index (χ4v) is 4.29. The summed E-state index contributed by atoms with van der Waals surface area (Å²) in [5, 5.41) is 10.4. The Hall–Kier alpha value is -1.86. The van der Waals surface area contributed by atoms with E-state index in [1.807, 2.05) is 30.3 Å². The van der Waals surface area contributed by atoms with Crippen LogP contribution in [0.1, 0.15) is 11.1 Å². The summed E-state index contributed by atoms with van der Waals surface area (Å²) in [6.07, 6.45) is 1.80. The molecule has 1 atom stereocenters. The van der Waals surface area contributed by atoms with Crippen molar-refractivity contribution >= 4 is 69.5 Å². The Morgan fingerprint density at radius 2 is 1.89 bits per heavy atom. The zero-order valence-electron chi connectivity index (χ0n) is 13.8. The van der Waals surface area contributed by atoms with Crippen molar-refractivity contribution < 1.29 is 14.7 Å². The van der Waals surface area contributed by atoms with Gasteiger partial charge in [0.05, 0.1) is 15.0 Å². The monoisotopic (exact) mass is 437 g/mol. The van der Waals surface area contributed by atoms with Crippen molar-refractivity contribution in [1.29, 1.82) is 0 Å². The van der Waals surface area contributed by atoms with E-state index in [-0.39, 0.29) is 10.7 Å². The van der Waals surface area contributed by atoms with E-state index in [9.17, 15) is 14.7 Å². The molecule has 0 aliphatic carbocycles. The minimum atomic E-state index is -1.11. The Morgan fingerprint density at radius 1 is 1.19 bits per heavy atom. The summed E-state index contributed by atoms with van der Waals surface area (Å²) in [6.45, 7) is 0.